The topological polar surface area (TPSA) is 78.4 Å². The fraction of sp³-hybridized carbons (Fsp3) is 0.524. The van der Waals surface area contributed by atoms with Gasteiger partial charge in [0.05, 0.1) is 38.9 Å². The van der Waals surface area contributed by atoms with Crippen LogP contribution in [0.4, 0.5) is 23.4 Å². The van der Waals surface area contributed by atoms with Gasteiger partial charge in [-0.25, -0.2) is 4.98 Å². The Kier molecular flexibility index (Phi) is 6.69. The number of nitrogens with one attached hydrogen (secondary N) is 1. The zero-order valence-electron chi connectivity index (χ0n) is 17.8. The third-order valence-corrected chi connectivity index (χ3v) is 8.17. The number of hydrogen-bond donors (Lipinski definition) is 2. The molecule has 1 aliphatic carbocycles. The molecule has 2 aromatic rings. The minimum Gasteiger partial charge on any atom is -0.394 e. The average Bonchev–Trinajstić information content (AvgIpc) is 2.75. The molecule has 1 saturated carbocycles. The lowest BCUT2D eigenvalue weighted by Crippen LogP contribution is -2.48. The van der Waals surface area contributed by atoms with E-state index in [0.29, 0.717) is 29.8 Å². The van der Waals surface area contributed by atoms with Gasteiger partial charge >= 0.3 is 0 Å². The fourth-order valence-corrected chi connectivity index (χ4v) is 5.31. The summed E-state index contributed by atoms with van der Waals surface area (Å²) < 4.78 is 50.8. The number of piperidine rings is 1. The van der Waals surface area contributed by atoms with Crippen molar-refractivity contribution in [1.82, 2.24) is 9.97 Å². The standard InChI is InChI=1S/C21H27F3N4O2S2/c1-31(30)18-13-25-20(26-19(18)27-21(14-29)9-2-10-21)28-11-7-16(8-12-28)15-3-5-17(6-4-15)32(22,23)24/h3-6,13,16,29H,2,7-12,14H2,1H3,(H,25,26,27)/t31-/m1/s1. The molecule has 0 unspecified atom stereocenters. The van der Waals surface area contributed by atoms with Gasteiger partial charge in [0.15, 0.2) is 0 Å². The van der Waals surface area contributed by atoms with E-state index in [1.54, 1.807) is 24.6 Å². The molecule has 0 radical (unpaired) electrons. The van der Waals surface area contributed by atoms with Crippen LogP contribution in [0.3, 0.4) is 0 Å². The van der Waals surface area contributed by atoms with Crippen LogP contribution in [0.2, 0.25) is 0 Å². The highest BCUT2D eigenvalue weighted by atomic mass is 32.3. The van der Waals surface area contributed by atoms with Gasteiger partial charge in [-0.15, -0.1) is 11.7 Å². The summed E-state index contributed by atoms with van der Waals surface area (Å²) in [7, 11) is -1.27. The van der Waals surface area contributed by atoms with E-state index in [2.05, 4.69) is 15.3 Å². The van der Waals surface area contributed by atoms with Crippen molar-refractivity contribution >= 4 is 33.8 Å². The summed E-state index contributed by atoms with van der Waals surface area (Å²) >= 11 is -5.19. The van der Waals surface area contributed by atoms with Crippen LogP contribution in [0.1, 0.15) is 43.6 Å². The van der Waals surface area contributed by atoms with Crippen LogP contribution in [0.5, 0.6) is 0 Å². The van der Waals surface area contributed by atoms with Gasteiger partial charge in [-0.2, -0.15) is 4.98 Å². The van der Waals surface area contributed by atoms with E-state index in [0.717, 1.165) is 37.7 Å². The van der Waals surface area contributed by atoms with Gasteiger partial charge in [0, 0.05) is 19.3 Å². The van der Waals surface area contributed by atoms with Crippen molar-refractivity contribution < 1.29 is 21.0 Å². The van der Waals surface area contributed by atoms with E-state index in [1.807, 2.05) is 4.90 Å². The zero-order chi connectivity index (χ0) is 22.9. The van der Waals surface area contributed by atoms with Gasteiger partial charge in [0.25, 0.3) is 0 Å². The van der Waals surface area contributed by atoms with Gasteiger partial charge in [-0.05, 0) is 55.7 Å². The maximum Gasteiger partial charge on any atom is 0.237 e. The Morgan fingerprint density at radius 1 is 1.22 bits per heavy atom. The van der Waals surface area contributed by atoms with Crippen LogP contribution >= 0.6 is 11.2 Å². The highest BCUT2D eigenvalue weighted by molar-refractivity contribution is 8.20. The molecule has 2 fully saturated rings. The Balaban J connectivity index is 1.46. The summed E-state index contributed by atoms with van der Waals surface area (Å²) in [6, 6.07) is 5.54. The predicted octanol–water partition coefficient (Wildman–Crippen LogP) is 4.74. The summed E-state index contributed by atoms with van der Waals surface area (Å²) in [4.78, 5) is 11.1. The molecule has 1 atom stereocenters. The maximum absolute atomic E-state index is 12.9. The minimum absolute atomic E-state index is 0.0118. The molecule has 1 aliphatic heterocycles. The zero-order valence-corrected chi connectivity index (χ0v) is 19.4. The summed E-state index contributed by atoms with van der Waals surface area (Å²) in [6.45, 7) is 1.34. The summed E-state index contributed by atoms with van der Waals surface area (Å²) in [5, 5.41) is 13.1. The summed E-state index contributed by atoms with van der Waals surface area (Å²) in [5.41, 5.74) is 0.503. The lowest BCUT2D eigenvalue weighted by Gasteiger charge is -2.41. The normalized spacial score (nSPS) is 20.5. The molecule has 2 N–H and O–H groups in total. The third-order valence-electron chi connectivity index (χ3n) is 6.45. The van der Waals surface area contributed by atoms with E-state index in [4.69, 9.17) is 0 Å². The first-order chi connectivity index (χ1) is 15.2. The van der Waals surface area contributed by atoms with Crippen molar-refractivity contribution in [3.8, 4) is 0 Å². The van der Waals surface area contributed by atoms with E-state index in [9.17, 15) is 21.0 Å². The molecule has 2 heterocycles. The predicted molar refractivity (Wildman–Crippen MR) is 121 cm³/mol. The Morgan fingerprint density at radius 2 is 1.88 bits per heavy atom. The quantitative estimate of drug-likeness (QED) is 0.586. The molecule has 32 heavy (non-hydrogen) atoms. The lowest BCUT2D eigenvalue weighted by molar-refractivity contribution is 0.143. The van der Waals surface area contributed by atoms with Crippen molar-refractivity contribution in [3.63, 3.8) is 0 Å². The van der Waals surface area contributed by atoms with Gasteiger partial charge < -0.3 is 15.3 Å². The summed E-state index contributed by atoms with van der Waals surface area (Å²) in [5.74, 6) is 1.22. The summed E-state index contributed by atoms with van der Waals surface area (Å²) in [6.07, 6.45) is 7.41. The SMILES string of the molecule is C[S@@](=O)c1cnc(N2CCC(c3ccc(S(F)(F)F)cc3)CC2)nc1NC1(CO)CCC1. The molecule has 1 aromatic heterocycles. The first-order valence-electron chi connectivity index (χ1n) is 10.6. The monoisotopic (exact) mass is 488 g/mol. The van der Waals surface area contributed by atoms with E-state index < -0.39 is 32.4 Å². The van der Waals surface area contributed by atoms with Gasteiger partial charge in [0.2, 0.25) is 17.1 Å². The van der Waals surface area contributed by atoms with Crippen LogP contribution in [0.15, 0.2) is 40.3 Å². The molecule has 6 nitrogen and oxygen atoms in total. The molecule has 0 spiro atoms. The van der Waals surface area contributed by atoms with Crippen LogP contribution < -0.4 is 10.2 Å². The highest BCUT2D eigenvalue weighted by Crippen LogP contribution is 2.60. The second-order valence-corrected chi connectivity index (χ2v) is 11.1. The molecule has 11 heteroatoms. The van der Waals surface area contributed by atoms with Crippen LogP contribution in [-0.4, -0.2) is 50.8 Å². The lowest BCUT2D eigenvalue weighted by atomic mass is 9.77. The third kappa shape index (κ3) is 4.89. The fourth-order valence-electron chi connectivity index (χ4n) is 4.30. The number of benzene rings is 1. The Hall–Kier alpha value is -1.85. The number of hydrogen-bond acceptors (Lipinski definition) is 6. The molecule has 176 valence electrons. The van der Waals surface area contributed by atoms with Crippen LogP contribution in [-0.2, 0) is 10.8 Å². The number of halogens is 3. The van der Waals surface area contributed by atoms with E-state index in [-0.39, 0.29) is 12.5 Å². The van der Waals surface area contributed by atoms with Crippen molar-refractivity contribution in [2.24, 2.45) is 0 Å². The van der Waals surface area contributed by atoms with Gasteiger partial charge in [-0.3, -0.25) is 4.21 Å². The Labute approximate surface area is 190 Å². The molecule has 0 bridgehead atoms. The first kappa shape index (κ1) is 23.3. The molecular formula is C21H27F3N4O2S2. The number of nitrogens with zero attached hydrogens (tertiary/aromatic N) is 3. The van der Waals surface area contributed by atoms with E-state index >= 15 is 0 Å². The molecule has 4 rings (SSSR count). The number of rotatable bonds is 7. The number of aliphatic hydroxyl groups is 1. The second kappa shape index (κ2) is 9.18. The number of aliphatic hydroxyl groups excluding tert-OH is 1. The largest absolute Gasteiger partial charge is 0.394 e. The molecule has 1 saturated heterocycles. The second-order valence-electron chi connectivity index (χ2n) is 8.49. The Morgan fingerprint density at radius 3 is 2.38 bits per heavy atom. The van der Waals surface area contributed by atoms with Crippen molar-refractivity contribution in [3.05, 3.63) is 36.0 Å². The average molecular weight is 489 g/mol. The number of aromatic nitrogens is 2. The van der Waals surface area contributed by atoms with Gasteiger partial charge in [0.1, 0.15) is 5.82 Å². The van der Waals surface area contributed by atoms with Crippen molar-refractivity contribution in [1.29, 1.82) is 0 Å². The number of anilines is 2. The van der Waals surface area contributed by atoms with Gasteiger partial charge in [-0.1, -0.05) is 12.1 Å². The maximum atomic E-state index is 12.9. The van der Waals surface area contributed by atoms with Crippen molar-refractivity contribution in [2.45, 2.75) is 53.4 Å². The highest BCUT2D eigenvalue weighted by Gasteiger charge is 2.37. The molecule has 1 aromatic carbocycles. The van der Waals surface area contributed by atoms with Crippen molar-refractivity contribution in [2.75, 3.05) is 36.2 Å². The molecule has 0 amide bonds. The molecule has 2 aliphatic rings. The van der Waals surface area contributed by atoms with Crippen LogP contribution in [0.25, 0.3) is 0 Å². The molecular weight excluding hydrogens is 461 g/mol. The minimum atomic E-state index is -5.19. The Bertz CT molecular complexity index is 970. The smallest absolute Gasteiger partial charge is 0.237 e. The first-order valence-corrected chi connectivity index (χ1v) is 13.5. The van der Waals surface area contributed by atoms with Crippen LogP contribution in [0, 0.1) is 0 Å². The van der Waals surface area contributed by atoms with E-state index in [1.165, 1.54) is 12.1 Å².